The van der Waals surface area contributed by atoms with Crippen molar-refractivity contribution in [2.24, 2.45) is 0 Å². The molecule has 0 radical (unpaired) electrons. The molecule has 2 aromatic heterocycles. The van der Waals surface area contributed by atoms with Gasteiger partial charge in [0.2, 0.25) is 0 Å². The Balaban J connectivity index is 1.61. The molecule has 0 atom stereocenters. The summed E-state index contributed by atoms with van der Waals surface area (Å²) in [6, 6.07) is 6.25. The Bertz CT molecular complexity index is 620. The summed E-state index contributed by atoms with van der Waals surface area (Å²) in [5.74, 6) is 0. The lowest BCUT2D eigenvalue weighted by Gasteiger charge is -2.17. The van der Waals surface area contributed by atoms with Crippen LogP contribution in [0.4, 0.5) is 0 Å². The van der Waals surface area contributed by atoms with Gasteiger partial charge in [-0.3, -0.25) is 9.97 Å². The number of aromatic nitrogens is 2. The van der Waals surface area contributed by atoms with Gasteiger partial charge in [-0.25, -0.2) is 0 Å². The summed E-state index contributed by atoms with van der Waals surface area (Å²) in [7, 11) is 0. The number of pyridine rings is 2. The topological polar surface area (TPSA) is 29.0 Å². The predicted molar refractivity (Wildman–Crippen MR) is 108 cm³/mol. The second kappa shape index (κ2) is 11.2. The third-order valence-electron chi connectivity index (χ3n) is 5.09. The summed E-state index contributed by atoms with van der Waals surface area (Å²) < 4.78 is 0. The number of nitrogens with zero attached hydrogens (tertiary/aromatic N) is 3. The van der Waals surface area contributed by atoms with E-state index in [9.17, 15) is 0 Å². The molecule has 0 aliphatic heterocycles. The van der Waals surface area contributed by atoms with Gasteiger partial charge in [-0.1, -0.05) is 46.0 Å². The fraction of sp³-hybridized carbons (Fsp3) is 0.636. The molecule has 0 spiro atoms. The number of rotatable bonds is 12. The lowest BCUT2D eigenvalue weighted by atomic mass is 10.0. The van der Waals surface area contributed by atoms with E-state index in [1.165, 1.54) is 70.1 Å². The second-order valence-corrected chi connectivity index (χ2v) is 7.05. The normalized spacial score (nSPS) is 11.5. The quantitative estimate of drug-likeness (QED) is 0.474. The Morgan fingerprint density at radius 3 is 2.32 bits per heavy atom. The molecule has 3 nitrogen and oxygen atoms in total. The molecule has 2 aromatic rings. The molecule has 0 aliphatic carbocycles. The fourth-order valence-corrected chi connectivity index (χ4v) is 3.54. The van der Waals surface area contributed by atoms with Crippen LogP contribution < -0.4 is 0 Å². The number of hydrogen-bond donors (Lipinski definition) is 0. The zero-order chi connectivity index (χ0) is 17.9. The van der Waals surface area contributed by atoms with E-state index in [-0.39, 0.29) is 0 Å². The molecule has 0 aliphatic rings. The van der Waals surface area contributed by atoms with Gasteiger partial charge in [-0.15, -0.1) is 0 Å². The maximum absolute atomic E-state index is 4.58. The molecular weight excluding hydrogens is 306 g/mol. The van der Waals surface area contributed by atoms with Crippen molar-refractivity contribution in [3.05, 3.63) is 35.7 Å². The average Bonchev–Trinajstić information content (AvgIpc) is 2.63. The summed E-state index contributed by atoms with van der Waals surface area (Å²) in [6.45, 7) is 10.2. The molecule has 2 heterocycles. The van der Waals surface area contributed by atoms with Crippen molar-refractivity contribution in [1.82, 2.24) is 14.9 Å². The lowest BCUT2D eigenvalue weighted by molar-refractivity contribution is 0.295. The van der Waals surface area contributed by atoms with E-state index in [0.717, 1.165) is 23.1 Å². The molecular formula is C22H35N3. The molecule has 0 bridgehead atoms. The van der Waals surface area contributed by atoms with Crippen LogP contribution in [0.2, 0.25) is 0 Å². The summed E-state index contributed by atoms with van der Waals surface area (Å²) >= 11 is 0. The standard InChI is InChI=1S/C22H35N3/c1-4-25(5-2)17-12-10-8-6-7-9-11-14-20-18-19(3)24-21-15-13-16-23-22(20)21/h13,15-16,18H,4-12,14,17H2,1-3H3. The van der Waals surface area contributed by atoms with Crippen molar-refractivity contribution in [1.29, 1.82) is 0 Å². The maximum Gasteiger partial charge on any atom is 0.0918 e. The summed E-state index contributed by atoms with van der Waals surface area (Å²) in [6.07, 6.45) is 12.5. The summed E-state index contributed by atoms with van der Waals surface area (Å²) in [4.78, 5) is 11.6. The van der Waals surface area contributed by atoms with Gasteiger partial charge in [0.25, 0.3) is 0 Å². The lowest BCUT2D eigenvalue weighted by Crippen LogP contribution is -2.23. The van der Waals surface area contributed by atoms with E-state index in [1.54, 1.807) is 0 Å². The van der Waals surface area contributed by atoms with Gasteiger partial charge < -0.3 is 4.90 Å². The highest BCUT2D eigenvalue weighted by molar-refractivity contribution is 5.77. The van der Waals surface area contributed by atoms with Gasteiger partial charge in [-0.05, 0) is 69.6 Å². The molecule has 138 valence electrons. The first-order valence-electron chi connectivity index (χ1n) is 10.2. The molecule has 0 fully saturated rings. The molecule has 0 N–H and O–H groups in total. The Hall–Kier alpha value is -1.48. The van der Waals surface area contributed by atoms with E-state index in [1.807, 2.05) is 12.3 Å². The van der Waals surface area contributed by atoms with Crippen LogP contribution >= 0.6 is 0 Å². The predicted octanol–water partition coefficient (Wildman–Crippen LogP) is 5.55. The van der Waals surface area contributed by atoms with E-state index in [0.29, 0.717) is 0 Å². The van der Waals surface area contributed by atoms with Gasteiger partial charge >= 0.3 is 0 Å². The minimum Gasteiger partial charge on any atom is -0.304 e. The van der Waals surface area contributed by atoms with Gasteiger partial charge in [0.15, 0.2) is 0 Å². The second-order valence-electron chi connectivity index (χ2n) is 7.05. The van der Waals surface area contributed by atoms with Gasteiger partial charge in [-0.2, -0.15) is 0 Å². The van der Waals surface area contributed by atoms with Gasteiger partial charge in [0.05, 0.1) is 11.0 Å². The zero-order valence-corrected chi connectivity index (χ0v) is 16.4. The third kappa shape index (κ3) is 6.74. The molecule has 0 amide bonds. The average molecular weight is 342 g/mol. The summed E-state index contributed by atoms with van der Waals surface area (Å²) in [5.41, 5.74) is 4.58. The first kappa shape index (κ1) is 19.8. The Labute approximate surface area is 153 Å². The highest BCUT2D eigenvalue weighted by Gasteiger charge is 2.05. The van der Waals surface area contributed by atoms with Crippen molar-refractivity contribution < 1.29 is 0 Å². The molecule has 0 saturated carbocycles. The molecule has 0 aromatic carbocycles. The van der Waals surface area contributed by atoms with Crippen molar-refractivity contribution in [3.63, 3.8) is 0 Å². The Kier molecular flexibility index (Phi) is 8.89. The van der Waals surface area contributed by atoms with E-state index in [2.05, 4.69) is 47.8 Å². The van der Waals surface area contributed by atoms with Crippen molar-refractivity contribution in [2.45, 2.75) is 72.1 Å². The van der Waals surface area contributed by atoms with Crippen molar-refractivity contribution >= 4 is 11.0 Å². The third-order valence-corrected chi connectivity index (χ3v) is 5.09. The van der Waals surface area contributed by atoms with E-state index < -0.39 is 0 Å². The molecule has 0 unspecified atom stereocenters. The smallest absolute Gasteiger partial charge is 0.0918 e. The largest absolute Gasteiger partial charge is 0.304 e. The van der Waals surface area contributed by atoms with Gasteiger partial charge in [0, 0.05) is 11.9 Å². The first-order chi connectivity index (χ1) is 12.2. The SMILES string of the molecule is CCN(CC)CCCCCCCCCc1cc(C)nc2cccnc12. The number of aryl methyl sites for hydroxylation is 2. The monoisotopic (exact) mass is 341 g/mol. The zero-order valence-electron chi connectivity index (χ0n) is 16.4. The Morgan fingerprint density at radius 2 is 1.60 bits per heavy atom. The fourth-order valence-electron chi connectivity index (χ4n) is 3.54. The van der Waals surface area contributed by atoms with Crippen molar-refractivity contribution in [2.75, 3.05) is 19.6 Å². The van der Waals surface area contributed by atoms with E-state index in [4.69, 9.17) is 0 Å². The van der Waals surface area contributed by atoms with E-state index >= 15 is 0 Å². The number of fused-ring (bicyclic) bond motifs is 1. The molecule has 0 saturated heterocycles. The van der Waals surface area contributed by atoms with Crippen molar-refractivity contribution in [3.8, 4) is 0 Å². The first-order valence-corrected chi connectivity index (χ1v) is 10.2. The maximum atomic E-state index is 4.58. The van der Waals surface area contributed by atoms with Crippen LogP contribution in [0.25, 0.3) is 11.0 Å². The Morgan fingerprint density at radius 1 is 0.920 bits per heavy atom. The van der Waals surface area contributed by atoms with Crippen LogP contribution in [-0.4, -0.2) is 34.5 Å². The van der Waals surface area contributed by atoms with Crippen LogP contribution in [0.1, 0.15) is 70.1 Å². The van der Waals surface area contributed by atoms with Crippen LogP contribution in [0, 0.1) is 6.92 Å². The van der Waals surface area contributed by atoms with Crippen LogP contribution in [0.5, 0.6) is 0 Å². The van der Waals surface area contributed by atoms with Crippen LogP contribution in [0.15, 0.2) is 24.4 Å². The van der Waals surface area contributed by atoms with Crippen LogP contribution in [-0.2, 0) is 6.42 Å². The molecule has 25 heavy (non-hydrogen) atoms. The highest BCUT2D eigenvalue weighted by Crippen LogP contribution is 2.18. The number of hydrogen-bond acceptors (Lipinski definition) is 3. The summed E-state index contributed by atoms with van der Waals surface area (Å²) in [5, 5.41) is 0. The van der Waals surface area contributed by atoms with Gasteiger partial charge in [0.1, 0.15) is 0 Å². The molecule has 3 heteroatoms. The number of unbranched alkanes of at least 4 members (excludes halogenated alkanes) is 6. The minimum absolute atomic E-state index is 1.03. The van der Waals surface area contributed by atoms with Crippen LogP contribution in [0.3, 0.4) is 0 Å². The minimum atomic E-state index is 1.03. The highest BCUT2D eigenvalue weighted by atomic mass is 15.1. The molecule has 2 rings (SSSR count).